The van der Waals surface area contributed by atoms with Crippen molar-refractivity contribution in [1.29, 1.82) is 0 Å². The molecule has 1 aliphatic carbocycles. The van der Waals surface area contributed by atoms with Crippen LogP contribution in [0, 0.1) is 5.92 Å². The number of phenolic OH excluding ortho intramolecular Hbond substituents is 1. The molecule has 7 heteroatoms. The number of nitrogens with zero attached hydrogens (tertiary/aromatic N) is 1. The fraction of sp³-hybridized carbons (Fsp3) is 0.353. The van der Waals surface area contributed by atoms with E-state index >= 15 is 0 Å². The van der Waals surface area contributed by atoms with Crippen LogP contribution in [0.4, 0.5) is 5.69 Å². The second kappa shape index (κ2) is 6.74. The van der Waals surface area contributed by atoms with Gasteiger partial charge in [0.25, 0.3) is 0 Å². The molecule has 7 nitrogen and oxygen atoms in total. The van der Waals surface area contributed by atoms with Gasteiger partial charge in [0.15, 0.2) is 0 Å². The number of anilines is 1. The molecule has 3 rings (SSSR count). The maximum Gasteiger partial charge on any atom is 0.338 e. The van der Waals surface area contributed by atoms with Gasteiger partial charge in [0, 0.05) is 11.6 Å². The highest BCUT2D eigenvalue weighted by Crippen LogP contribution is 2.28. The molecule has 1 amide bonds. The molecule has 1 aliphatic rings. The third-order valence-electron chi connectivity index (χ3n) is 4.15. The molecule has 0 radical (unpaired) electrons. The van der Waals surface area contributed by atoms with E-state index in [1.807, 2.05) is 0 Å². The van der Waals surface area contributed by atoms with Crippen LogP contribution >= 0.6 is 0 Å². The quantitative estimate of drug-likeness (QED) is 0.588. The summed E-state index contributed by atoms with van der Waals surface area (Å²) in [5, 5.41) is 19.7. The monoisotopic (exact) mass is 329 g/mol. The van der Waals surface area contributed by atoms with Crippen LogP contribution in [-0.2, 0) is 22.4 Å². The van der Waals surface area contributed by atoms with Gasteiger partial charge in [-0.3, -0.25) is 9.89 Å². The Hall–Kier alpha value is -2.83. The Labute approximate surface area is 139 Å². The van der Waals surface area contributed by atoms with Crippen molar-refractivity contribution in [3.8, 4) is 5.75 Å². The molecule has 0 bridgehead atoms. The number of nitrogens with one attached hydrogen (secondary N) is 2. The Balaban J connectivity index is 1.68. The maximum absolute atomic E-state index is 12.4. The zero-order valence-electron chi connectivity index (χ0n) is 13.3. The molecule has 1 atom stereocenters. The van der Waals surface area contributed by atoms with Gasteiger partial charge in [0.2, 0.25) is 5.91 Å². The maximum atomic E-state index is 12.4. The van der Waals surface area contributed by atoms with Gasteiger partial charge in [-0.2, -0.15) is 5.10 Å². The highest BCUT2D eigenvalue weighted by Gasteiger charge is 2.26. The first kappa shape index (κ1) is 16.0. The van der Waals surface area contributed by atoms with Gasteiger partial charge in [-0.05, 0) is 49.9 Å². The lowest BCUT2D eigenvalue weighted by Gasteiger charge is -2.21. The first-order valence-corrected chi connectivity index (χ1v) is 7.90. The zero-order chi connectivity index (χ0) is 17.1. The number of hydrogen-bond acceptors (Lipinski definition) is 5. The van der Waals surface area contributed by atoms with Crippen LogP contribution in [0.15, 0.2) is 24.4 Å². The summed E-state index contributed by atoms with van der Waals surface area (Å²) in [6.45, 7) is 1.97. The van der Waals surface area contributed by atoms with Crippen LogP contribution in [0.25, 0.3) is 0 Å². The normalized spacial score (nSPS) is 16.3. The Bertz CT molecular complexity index is 769. The number of ether oxygens (including phenoxy) is 1. The average Bonchev–Trinajstić information content (AvgIpc) is 3.04. The number of fused-ring (bicyclic) bond motifs is 1. The summed E-state index contributed by atoms with van der Waals surface area (Å²) in [4.78, 5) is 24.1. The van der Waals surface area contributed by atoms with Gasteiger partial charge < -0.3 is 15.2 Å². The summed E-state index contributed by atoms with van der Waals surface area (Å²) in [6, 6.07) is 4.32. The fourth-order valence-electron chi connectivity index (χ4n) is 2.85. The summed E-state index contributed by atoms with van der Waals surface area (Å²) in [6.07, 6.45) is 3.88. The van der Waals surface area contributed by atoms with Crippen molar-refractivity contribution in [1.82, 2.24) is 10.2 Å². The number of phenols is 1. The number of esters is 1. The molecule has 0 saturated heterocycles. The smallest absolute Gasteiger partial charge is 0.338 e. The lowest BCUT2D eigenvalue weighted by Crippen LogP contribution is -2.28. The summed E-state index contributed by atoms with van der Waals surface area (Å²) >= 11 is 0. The third-order valence-corrected chi connectivity index (χ3v) is 4.15. The predicted molar refractivity (Wildman–Crippen MR) is 86.8 cm³/mol. The number of carbonyl (C=O) groups excluding carboxylic acids is 2. The standard InChI is InChI=1S/C17H19N3O4/c1-2-24-17(23)11-4-6-14(15(21)8-11)19-16(22)10-3-5-13-12(7-10)9-18-20-13/h4,6,8-10,21H,2-3,5,7H2,1H3,(H,18,20)(H,19,22)/t10-/m0/s1. The minimum atomic E-state index is -0.509. The zero-order valence-corrected chi connectivity index (χ0v) is 13.3. The Kier molecular flexibility index (Phi) is 4.50. The molecule has 0 saturated carbocycles. The van der Waals surface area contributed by atoms with E-state index < -0.39 is 5.97 Å². The van der Waals surface area contributed by atoms with Crippen molar-refractivity contribution in [3.05, 3.63) is 41.2 Å². The highest BCUT2D eigenvalue weighted by molar-refractivity contribution is 5.96. The molecule has 1 aromatic carbocycles. The Morgan fingerprint density at radius 1 is 1.46 bits per heavy atom. The van der Waals surface area contributed by atoms with Crippen LogP contribution < -0.4 is 5.32 Å². The van der Waals surface area contributed by atoms with Crippen LogP contribution in [0.1, 0.15) is 35.0 Å². The van der Waals surface area contributed by atoms with Crippen LogP contribution in [0.2, 0.25) is 0 Å². The largest absolute Gasteiger partial charge is 0.506 e. The van der Waals surface area contributed by atoms with E-state index in [-0.39, 0.29) is 35.4 Å². The molecular formula is C17H19N3O4. The fourth-order valence-corrected chi connectivity index (χ4v) is 2.85. The van der Waals surface area contributed by atoms with E-state index in [0.29, 0.717) is 6.42 Å². The number of H-pyrrole nitrogens is 1. The first-order valence-electron chi connectivity index (χ1n) is 7.90. The minimum absolute atomic E-state index is 0.152. The molecule has 1 aromatic heterocycles. The van der Waals surface area contributed by atoms with E-state index in [4.69, 9.17) is 4.74 Å². The molecule has 0 aliphatic heterocycles. The summed E-state index contributed by atoms with van der Waals surface area (Å²) in [5.74, 6) is -0.987. The molecular weight excluding hydrogens is 310 g/mol. The van der Waals surface area contributed by atoms with E-state index in [9.17, 15) is 14.7 Å². The Morgan fingerprint density at radius 3 is 3.04 bits per heavy atom. The molecule has 24 heavy (non-hydrogen) atoms. The van der Waals surface area contributed by atoms with E-state index in [1.165, 1.54) is 18.2 Å². The minimum Gasteiger partial charge on any atom is -0.506 e. The van der Waals surface area contributed by atoms with Crippen molar-refractivity contribution in [3.63, 3.8) is 0 Å². The number of aromatic amines is 1. The molecule has 3 N–H and O–H groups in total. The molecule has 0 spiro atoms. The number of rotatable bonds is 4. The number of aromatic nitrogens is 2. The lowest BCUT2D eigenvalue weighted by molar-refractivity contribution is -0.120. The SMILES string of the molecule is CCOC(=O)c1ccc(NC(=O)[C@H]2CCc3[nH]ncc3C2)c(O)c1. The van der Waals surface area contributed by atoms with Gasteiger partial charge >= 0.3 is 5.97 Å². The van der Waals surface area contributed by atoms with Crippen LogP contribution in [0.5, 0.6) is 5.75 Å². The van der Waals surface area contributed by atoms with Crippen molar-refractivity contribution < 1.29 is 19.4 Å². The predicted octanol–water partition coefficient (Wildman–Crippen LogP) is 2.04. The first-order chi connectivity index (χ1) is 11.6. The number of benzene rings is 1. The Morgan fingerprint density at radius 2 is 2.29 bits per heavy atom. The number of amides is 1. The van der Waals surface area contributed by atoms with E-state index in [2.05, 4.69) is 15.5 Å². The van der Waals surface area contributed by atoms with E-state index in [0.717, 1.165) is 24.1 Å². The average molecular weight is 329 g/mol. The third kappa shape index (κ3) is 3.24. The molecule has 126 valence electrons. The highest BCUT2D eigenvalue weighted by atomic mass is 16.5. The summed E-state index contributed by atoms with van der Waals surface area (Å²) in [7, 11) is 0. The summed E-state index contributed by atoms with van der Waals surface area (Å²) in [5.41, 5.74) is 2.67. The number of hydrogen-bond donors (Lipinski definition) is 3. The van der Waals surface area contributed by atoms with Crippen molar-refractivity contribution >= 4 is 17.6 Å². The second-order valence-corrected chi connectivity index (χ2v) is 5.76. The van der Waals surface area contributed by atoms with Crippen molar-refractivity contribution in [2.45, 2.75) is 26.2 Å². The topological polar surface area (TPSA) is 104 Å². The van der Waals surface area contributed by atoms with Gasteiger partial charge in [0.1, 0.15) is 5.75 Å². The molecule has 0 fully saturated rings. The number of carbonyl (C=O) groups is 2. The van der Waals surface area contributed by atoms with Gasteiger partial charge in [0.05, 0.1) is 24.1 Å². The second-order valence-electron chi connectivity index (χ2n) is 5.76. The van der Waals surface area contributed by atoms with Crippen LogP contribution in [0.3, 0.4) is 0 Å². The van der Waals surface area contributed by atoms with Crippen molar-refractivity contribution in [2.24, 2.45) is 5.92 Å². The van der Waals surface area contributed by atoms with Gasteiger partial charge in [-0.15, -0.1) is 0 Å². The van der Waals surface area contributed by atoms with E-state index in [1.54, 1.807) is 13.1 Å². The molecule has 0 unspecified atom stereocenters. The van der Waals surface area contributed by atoms with Gasteiger partial charge in [-0.25, -0.2) is 4.79 Å². The summed E-state index contributed by atoms with van der Waals surface area (Å²) < 4.78 is 4.88. The lowest BCUT2D eigenvalue weighted by atomic mass is 9.87. The van der Waals surface area contributed by atoms with Crippen molar-refractivity contribution in [2.75, 3.05) is 11.9 Å². The van der Waals surface area contributed by atoms with Gasteiger partial charge in [-0.1, -0.05) is 0 Å². The number of aryl methyl sites for hydroxylation is 1. The van der Waals surface area contributed by atoms with Crippen LogP contribution in [-0.4, -0.2) is 33.8 Å². The molecule has 1 heterocycles. The molecule has 2 aromatic rings. The number of aromatic hydroxyl groups is 1.